The van der Waals surface area contributed by atoms with E-state index in [9.17, 15) is 15.0 Å². The van der Waals surface area contributed by atoms with Crippen molar-refractivity contribution in [3.8, 4) is 0 Å². The van der Waals surface area contributed by atoms with Crippen molar-refractivity contribution < 1.29 is 19.7 Å². The zero-order valence-corrected chi connectivity index (χ0v) is 14.6. The number of aryl methyl sites for hydroxylation is 1. The molecular weight excluding hydrogens is 318 g/mol. The molecule has 2 atom stereocenters. The smallest absolute Gasteiger partial charge is 0.407 e. The van der Waals surface area contributed by atoms with Gasteiger partial charge in [0.05, 0.1) is 6.10 Å². The lowest BCUT2D eigenvalue weighted by molar-refractivity contribution is 0.0132. The Bertz CT molecular complexity index is 687. The molecule has 0 aliphatic rings. The number of nitrogens with one attached hydrogen (secondary N) is 1. The number of carbonyl (C=O) groups is 1. The first-order valence-electron chi connectivity index (χ1n) is 8.36. The largest absolute Gasteiger partial charge is 0.445 e. The van der Waals surface area contributed by atoms with Crippen LogP contribution in [0.4, 0.5) is 4.79 Å². The molecule has 0 saturated heterocycles. The highest BCUT2D eigenvalue weighted by Gasteiger charge is 2.20. The van der Waals surface area contributed by atoms with Gasteiger partial charge in [0.15, 0.2) is 0 Å². The number of benzene rings is 2. The van der Waals surface area contributed by atoms with Crippen LogP contribution in [0.1, 0.15) is 34.8 Å². The molecule has 0 heterocycles. The number of hydrogen-bond acceptors (Lipinski definition) is 4. The summed E-state index contributed by atoms with van der Waals surface area (Å²) in [6.07, 6.45) is -2.26. The summed E-state index contributed by atoms with van der Waals surface area (Å²) in [7, 11) is 0. The number of carbonyl (C=O) groups excluding carboxylic acids is 1. The number of rotatable bonds is 7. The number of ether oxygens (including phenoxy) is 1. The summed E-state index contributed by atoms with van der Waals surface area (Å²) in [6, 6.07) is 15.0. The molecule has 134 valence electrons. The predicted molar refractivity (Wildman–Crippen MR) is 96.1 cm³/mol. The molecule has 2 aromatic rings. The first kappa shape index (κ1) is 19.0. The summed E-state index contributed by atoms with van der Waals surface area (Å²) in [5.41, 5.74) is 3.64. The van der Waals surface area contributed by atoms with E-state index in [4.69, 9.17) is 4.74 Å². The molecule has 0 saturated carbocycles. The fourth-order valence-electron chi connectivity index (χ4n) is 2.56. The standard InChI is InChI=1S/C20H25NO4/c1-14-7-6-10-17(15(14)2)19(23)18(22)11-12-21-20(24)25-13-16-8-4-3-5-9-16/h3-10,18-19,22-23H,11-13H2,1-2H3,(H,21,24). The Morgan fingerprint density at radius 3 is 2.52 bits per heavy atom. The second-order valence-electron chi connectivity index (χ2n) is 6.08. The van der Waals surface area contributed by atoms with Crippen molar-refractivity contribution in [3.63, 3.8) is 0 Å². The predicted octanol–water partition coefficient (Wildman–Crippen LogP) is 3.01. The third kappa shape index (κ3) is 5.59. The maximum absolute atomic E-state index is 11.7. The van der Waals surface area contributed by atoms with Gasteiger partial charge >= 0.3 is 6.09 Å². The lowest BCUT2D eigenvalue weighted by atomic mass is 9.95. The van der Waals surface area contributed by atoms with Crippen molar-refractivity contribution in [1.82, 2.24) is 5.32 Å². The van der Waals surface area contributed by atoms with Gasteiger partial charge in [-0.1, -0.05) is 48.5 Å². The molecule has 3 N–H and O–H groups in total. The van der Waals surface area contributed by atoms with Crippen molar-refractivity contribution >= 4 is 6.09 Å². The quantitative estimate of drug-likeness (QED) is 0.722. The van der Waals surface area contributed by atoms with E-state index in [1.165, 1.54) is 0 Å². The van der Waals surface area contributed by atoms with Crippen LogP contribution in [0.3, 0.4) is 0 Å². The van der Waals surface area contributed by atoms with Crippen molar-refractivity contribution in [2.45, 2.75) is 39.1 Å². The van der Waals surface area contributed by atoms with E-state index in [0.29, 0.717) is 5.56 Å². The minimum Gasteiger partial charge on any atom is -0.445 e. The molecule has 0 bridgehead atoms. The molecule has 0 aliphatic heterocycles. The van der Waals surface area contributed by atoms with Gasteiger partial charge in [-0.3, -0.25) is 0 Å². The zero-order valence-electron chi connectivity index (χ0n) is 14.6. The van der Waals surface area contributed by atoms with Gasteiger partial charge in [-0.15, -0.1) is 0 Å². The highest BCUT2D eigenvalue weighted by Crippen LogP contribution is 2.24. The van der Waals surface area contributed by atoms with Crippen LogP contribution >= 0.6 is 0 Å². The Hall–Kier alpha value is -2.37. The van der Waals surface area contributed by atoms with Crippen molar-refractivity contribution in [2.24, 2.45) is 0 Å². The molecule has 2 aromatic carbocycles. The first-order valence-corrected chi connectivity index (χ1v) is 8.36. The maximum Gasteiger partial charge on any atom is 0.407 e. The maximum atomic E-state index is 11.7. The fraction of sp³-hybridized carbons (Fsp3) is 0.350. The van der Waals surface area contributed by atoms with E-state index in [1.54, 1.807) is 6.07 Å². The normalized spacial score (nSPS) is 13.1. The van der Waals surface area contributed by atoms with Gasteiger partial charge in [-0.05, 0) is 42.5 Å². The average molecular weight is 343 g/mol. The molecule has 1 amide bonds. The fourth-order valence-corrected chi connectivity index (χ4v) is 2.56. The van der Waals surface area contributed by atoms with E-state index >= 15 is 0 Å². The van der Waals surface area contributed by atoms with Crippen LogP contribution < -0.4 is 5.32 Å². The van der Waals surface area contributed by atoms with E-state index < -0.39 is 18.3 Å². The van der Waals surface area contributed by atoms with Crippen LogP contribution in [0, 0.1) is 13.8 Å². The highest BCUT2D eigenvalue weighted by atomic mass is 16.5. The van der Waals surface area contributed by atoms with Gasteiger partial charge in [-0.2, -0.15) is 0 Å². The van der Waals surface area contributed by atoms with Crippen LogP contribution in [0.15, 0.2) is 48.5 Å². The summed E-state index contributed by atoms with van der Waals surface area (Å²) in [5.74, 6) is 0. The number of aliphatic hydroxyl groups is 2. The Labute approximate surface area is 148 Å². The topological polar surface area (TPSA) is 78.8 Å². The molecule has 5 heteroatoms. The average Bonchev–Trinajstić information content (AvgIpc) is 2.62. The van der Waals surface area contributed by atoms with Gasteiger partial charge < -0.3 is 20.3 Å². The summed E-state index contributed by atoms with van der Waals surface area (Å²) >= 11 is 0. The summed E-state index contributed by atoms with van der Waals surface area (Å²) in [6.45, 7) is 4.29. The second-order valence-corrected chi connectivity index (χ2v) is 6.08. The summed E-state index contributed by atoms with van der Waals surface area (Å²) in [4.78, 5) is 11.7. The minimum absolute atomic E-state index is 0.195. The molecule has 5 nitrogen and oxygen atoms in total. The van der Waals surface area contributed by atoms with Crippen LogP contribution in [-0.4, -0.2) is 29.0 Å². The second kappa shape index (κ2) is 9.20. The SMILES string of the molecule is Cc1cccc(C(O)C(O)CCNC(=O)OCc2ccccc2)c1C. The molecule has 0 aliphatic carbocycles. The van der Waals surface area contributed by atoms with Crippen molar-refractivity contribution in [3.05, 3.63) is 70.8 Å². The Morgan fingerprint density at radius 1 is 1.08 bits per heavy atom. The number of aliphatic hydroxyl groups excluding tert-OH is 2. The molecule has 0 aromatic heterocycles. The molecule has 25 heavy (non-hydrogen) atoms. The minimum atomic E-state index is -0.984. The highest BCUT2D eigenvalue weighted by molar-refractivity contribution is 5.67. The molecule has 2 unspecified atom stereocenters. The van der Waals surface area contributed by atoms with Gasteiger partial charge in [0, 0.05) is 6.54 Å². The van der Waals surface area contributed by atoms with Gasteiger partial charge in [-0.25, -0.2) is 4.79 Å². The number of amides is 1. The van der Waals surface area contributed by atoms with Crippen molar-refractivity contribution in [1.29, 1.82) is 0 Å². The molecular formula is C20H25NO4. The molecule has 0 spiro atoms. The van der Waals surface area contributed by atoms with E-state index in [0.717, 1.165) is 16.7 Å². The van der Waals surface area contributed by atoms with Crippen LogP contribution in [0.2, 0.25) is 0 Å². The lowest BCUT2D eigenvalue weighted by Gasteiger charge is -2.21. The molecule has 0 fully saturated rings. The lowest BCUT2D eigenvalue weighted by Crippen LogP contribution is -2.30. The summed E-state index contributed by atoms with van der Waals surface area (Å²) in [5, 5.41) is 23.1. The zero-order chi connectivity index (χ0) is 18.2. The molecule has 2 rings (SSSR count). The van der Waals surface area contributed by atoms with E-state index in [2.05, 4.69) is 5.32 Å². The van der Waals surface area contributed by atoms with Gasteiger partial charge in [0.2, 0.25) is 0 Å². The summed E-state index contributed by atoms with van der Waals surface area (Å²) < 4.78 is 5.10. The monoisotopic (exact) mass is 343 g/mol. The van der Waals surface area contributed by atoms with Crippen LogP contribution in [-0.2, 0) is 11.3 Å². The number of alkyl carbamates (subject to hydrolysis) is 1. The van der Waals surface area contributed by atoms with Gasteiger partial charge in [0.1, 0.15) is 12.7 Å². The first-order chi connectivity index (χ1) is 12.0. The third-order valence-corrected chi connectivity index (χ3v) is 4.25. The Morgan fingerprint density at radius 2 is 1.80 bits per heavy atom. The van der Waals surface area contributed by atoms with E-state index in [1.807, 2.05) is 56.3 Å². The number of hydrogen-bond donors (Lipinski definition) is 3. The Balaban J connectivity index is 1.75. The Kier molecular flexibility index (Phi) is 6.98. The molecule has 0 radical (unpaired) electrons. The van der Waals surface area contributed by atoms with E-state index in [-0.39, 0.29) is 19.6 Å². The third-order valence-electron chi connectivity index (χ3n) is 4.25. The van der Waals surface area contributed by atoms with Crippen molar-refractivity contribution in [2.75, 3.05) is 6.54 Å². The van der Waals surface area contributed by atoms with Crippen LogP contribution in [0.25, 0.3) is 0 Å². The van der Waals surface area contributed by atoms with Gasteiger partial charge in [0.25, 0.3) is 0 Å². The van der Waals surface area contributed by atoms with Crippen LogP contribution in [0.5, 0.6) is 0 Å².